The van der Waals surface area contributed by atoms with Crippen molar-refractivity contribution in [2.45, 2.75) is 6.54 Å². The van der Waals surface area contributed by atoms with Gasteiger partial charge in [0.1, 0.15) is 12.7 Å². The number of hydrogen-bond acceptors (Lipinski definition) is 4. The van der Waals surface area contributed by atoms with Crippen LogP contribution in [0.3, 0.4) is 0 Å². The van der Waals surface area contributed by atoms with Crippen molar-refractivity contribution in [2.24, 2.45) is 5.84 Å². The van der Waals surface area contributed by atoms with Crippen LogP contribution >= 0.6 is 12.4 Å². The summed E-state index contributed by atoms with van der Waals surface area (Å²) in [5, 5.41) is 4.02. The Balaban J connectivity index is 0.00000112. The van der Waals surface area contributed by atoms with Gasteiger partial charge in [0.15, 0.2) is 0 Å². The van der Waals surface area contributed by atoms with Crippen molar-refractivity contribution in [3.63, 3.8) is 0 Å². The number of halogens is 1. The molecule has 0 unspecified atom stereocenters. The number of nitrogens with one attached hydrogen (secondary N) is 1. The molecule has 0 radical (unpaired) electrons. The van der Waals surface area contributed by atoms with E-state index in [0.717, 1.165) is 17.8 Å². The summed E-state index contributed by atoms with van der Waals surface area (Å²) < 4.78 is 1.77. The maximum absolute atomic E-state index is 5.26. The molecule has 0 aliphatic rings. The fourth-order valence-electron chi connectivity index (χ4n) is 1.21. The van der Waals surface area contributed by atoms with E-state index in [2.05, 4.69) is 15.5 Å². The third kappa shape index (κ3) is 2.93. The number of nitrogen functional groups attached to an aromatic ring is 1. The van der Waals surface area contributed by atoms with Crippen LogP contribution in [0.25, 0.3) is 0 Å². The molecule has 0 bridgehead atoms. The van der Waals surface area contributed by atoms with Gasteiger partial charge < -0.3 is 5.43 Å². The molecule has 1 aromatic heterocycles. The Labute approximate surface area is 93.7 Å². The van der Waals surface area contributed by atoms with Crippen LogP contribution in [-0.2, 0) is 6.54 Å². The number of anilines is 1. The van der Waals surface area contributed by atoms with Gasteiger partial charge in [0.2, 0.25) is 0 Å². The largest absolute Gasteiger partial charge is 0.324 e. The van der Waals surface area contributed by atoms with Crippen molar-refractivity contribution in [2.75, 3.05) is 5.43 Å². The first kappa shape index (κ1) is 11.5. The predicted octanol–water partition coefficient (Wildman–Crippen LogP) is 1.03. The van der Waals surface area contributed by atoms with Crippen LogP contribution in [-0.4, -0.2) is 14.8 Å². The van der Waals surface area contributed by atoms with Crippen molar-refractivity contribution < 1.29 is 0 Å². The maximum Gasteiger partial charge on any atom is 0.137 e. The van der Waals surface area contributed by atoms with E-state index in [0.29, 0.717) is 0 Å². The average molecular weight is 226 g/mol. The van der Waals surface area contributed by atoms with Crippen LogP contribution in [0.5, 0.6) is 0 Å². The third-order valence-electron chi connectivity index (χ3n) is 1.93. The van der Waals surface area contributed by atoms with E-state index < -0.39 is 0 Å². The number of rotatable bonds is 3. The van der Waals surface area contributed by atoms with Crippen LogP contribution in [0.2, 0.25) is 0 Å². The maximum atomic E-state index is 5.26. The molecule has 2 rings (SSSR count). The van der Waals surface area contributed by atoms with Crippen LogP contribution < -0.4 is 11.3 Å². The second kappa shape index (κ2) is 5.33. The molecule has 0 aliphatic carbocycles. The lowest BCUT2D eigenvalue weighted by atomic mass is 10.2. The molecule has 5 nitrogen and oxygen atoms in total. The Morgan fingerprint density at radius 2 is 2.00 bits per heavy atom. The summed E-state index contributed by atoms with van der Waals surface area (Å²) in [6, 6.07) is 7.84. The molecule has 80 valence electrons. The Kier molecular flexibility index (Phi) is 4.08. The normalized spacial score (nSPS) is 9.40. The fraction of sp³-hybridized carbons (Fsp3) is 0.111. The van der Waals surface area contributed by atoms with Crippen molar-refractivity contribution in [1.29, 1.82) is 0 Å². The van der Waals surface area contributed by atoms with Gasteiger partial charge in [-0.2, -0.15) is 5.10 Å². The number of benzene rings is 1. The first-order chi connectivity index (χ1) is 6.88. The Hall–Kier alpha value is -1.59. The van der Waals surface area contributed by atoms with E-state index in [4.69, 9.17) is 5.84 Å². The minimum atomic E-state index is 0. The average Bonchev–Trinajstić information content (AvgIpc) is 2.72. The van der Waals surface area contributed by atoms with Crippen molar-refractivity contribution >= 4 is 18.1 Å². The second-order valence-corrected chi connectivity index (χ2v) is 2.93. The summed E-state index contributed by atoms with van der Waals surface area (Å²) in [5.74, 6) is 5.26. The first-order valence-corrected chi connectivity index (χ1v) is 4.26. The minimum absolute atomic E-state index is 0. The second-order valence-electron chi connectivity index (χ2n) is 2.93. The summed E-state index contributed by atoms with van der Waals surface area (Å²) >= 11 is 0. The van der Waals surface area contributed by atoms with Crippen molar-refractivity contribution in [1.82, 2.24) is 14.8 Å². The van der Waals surface area contributed by atoms with Gasteiger partial charge in [0.25, 0.3) is 0 Å². The molecule has 0 aliphatic heterocycles. The lowest BCUT2D eigenvalue weighted by Crippen LogP contribution is -2.06. The first-order valence-electron chi connectivity index (χ1n) is 4.26. The van der Waals surface area contributed by atoms with Gasteiger partial charge in [-0.3, -0.25) is 5.84 Å². The minimum Gasteiger partial charge on any atom is -0.324 e. The highest BCUT2D eigenvalue weighted by Crippen LogP contribution is 2.08. The fourth-order valence-corrected chi connectivity index (χ4v) is 1.21. The van der Waals surface area contributed by atoms with E-state index in [1.54, 1.807) is 11.0 Å². The molecule has 1 heterocycles. The Morgan fingerprint density at radius 3 is 2.53 bits per heavy atom. The molecule has 0 spiro atoms. The Morgan fingerprint density at radius 1 is 1.27 bits per heavy atom. The highest BCUT2D eigenvalue weighted by Gasteiger charge is 1.95. The topological polar surface area (TPSA) is 68.8 Å². The van der Waals surface area contributed by atoms with E-state index >= 15 is 0 Å². The zero-order valence-corrected chi connectivity index (χ0v) is 8.81. The molecule has 0 atom stereocenters. The molecule has 2 aromatic rings. The van der Waals surface area contributed by atoms with E-state index in [1.165, 1.54) is 6.33 Å². The monoisotopic (exact) mass is 225 g/mol. The molecular formula is C9H12ClN5. The van der Waals surface area contributed by atoms with Gasteiger partial charge >= 0.3 is 0 Å². The van der Waals surface area contributed by atoms with Crippen LogP contribution in [0, 0.1) is 0 Å². The van der Waals surface area contributed by atoms with Gasteiger partial charge in [-0.25, -0.2) is 9.67 Å². The van der Waals surface area contributed by atoms with E-state index in [9.17, 15) is 0 Å². The highest BCUT2D eigenvalue weighted by molar-refractivity contribution is 5.85. The molecule has 15 heavy (non-hydrogen) atoms. The molecule has 1 aromatic carbocycles. The van der Waals surface area contributed by atoms with Gasteiger partial charge in [-0.15, -0.1) is 12.4 Å². The SMILES string of the molecule is Cl.NNc1ccc(Cn2cncn2)cc1. The molecule has 0 saturated carbocycles. The molecule has 0 fully saturated rings. The zero-order valence-electron chi connectivity index (χ0n) is 8.00. The van der Waals surface area contributed by atoms with Gasteiger partial charge in [0, 0.05) is 5.69 Å². The number of hydrazine groups is 1. The molecule has 3 N–H and O–H groups in total. The summed E-state index contributed by atoms with van der Waals surface area (Å²) in [4.78, 5) is 3.87. The van der Waals surface area contributed by atoms with E-state index in [1.807, 2.05) is 24.3 Å². The zero-order chi connectivity index (χ0) is 9.80. The number of hydrogen-bond donors (Lipinski definition) is 2. The van der Waals surface area contributed by atoms with Crippen LogP contribution in [0.15, 0.2) is 36.9 Å². The van der Waals surface area contributed by atoms with Crippen LogP contribution in [0.4, 0.5) is 5.69 Å². The molecule has 0 saturated heterocycles. The smallest absolute Gasteiger partial charge is 0.137 e. The molecular weight excluding hydrogens is 214 g/mol. The standard InChI is InChI=1S/C9H11N5.ClH/c10-13-9-3-1-8(2-4-9)5-14-7-11-6-12-14;/h1-4,6-7,13H,5,10H2;1H. The van der Waals surface area contributed by atoms with Gasteiger partial charge in [0.05, 0.1) is 6.54 Å². The third-order valence-corrected chi connectivity index (χ3v) is 1.93. The van der Waals surface area contributed by atoms with E-state index in [-0.39, 0.29) is 12.4 Å². The number of nitrogens with zero attached hydrogens (tertiary/aromatic N) is 3. The Bertz CT molecular complexity index is 383. The number of aromatic nitrogens is 3. The molecule has 6 heteroatoms. The summed E-state index contributed by atoms with van der Waals surface area (Å²) in [7, 11) is 0. The summed E-state index contributed by atoms with van der Waals surface area (Å²) in [6.45, 7) is 0.727. The number of nitrogens with two attached hydrogens (primary N) is 1. The molecule has 0 amide bonds. The predicted molar refractivity (Wildman–Crippen MR) is 60.6 cm³/mol. The van der Waals surface area contributed by atoms with Crippen molar-refractivity contribution in [3.8, 4) is 0 Å². The lowest BCUT2D eigenvalue weighted by molar-refractivity contribution is 0.685. The van der Waals surface area contributed by atoms with Gasteiger partial charge in [-0.05, 0) is 17.7 Å². The summed E-state index contributed by atoms with van der Waals surface area (Å²) in [5.41, 5.74) is 4.64. The van der Waals surface area contributed by atoms with Gasteiger partial charge in [-0.1, -0.05) is 12.1 Å². The highest BCUT2D eigenvalue weighted by atomic mass is 35.5. The van der Waals surface area contributed by atoms with Crippen molar-refractivity contribution in [3.05, 3.63) is 42.5 Å². The van der Waals surface area contributed by atoms with Crippen LogP contribution in [0.1, 0.15) is 5.56 Å². The quantitative estimate of drug-likeness (QED) is 0.605. The lowest BCUT2D eigenvalue weighted by Gasteiger charge is -2.03. The summed E-state index contributed by atoms with van der Waals surface area (Å²) in [6.07, 6.45) is 3.21.